The van der Waals surface area contributed by atoms with E-state index in [1.165, 1.54) is 0 Å². The Hall–Kier alpha value is -1.98. The molecule has 1 aromatic rings. The number of nitrogens with one attached hydrogen (secondary N) is 1. The molecule has 0 fully saturated rings. The largest absolute Gasteiger partial charge is 0.476 e. The van der Waals surface area contributed by atoms with Crippen molar-refractivity contribution < 1.29 is 9.53 Å². The van der Waals surface area contributed by atoms with Crippen LogP contribution in [0.15, 0.2) is 12.1 Å². The molecule has 0 aliphatic carbocycles. The predicted octanol–water partition coefficient (Wildman–Crippen LogP) is 1.37. The van der Waals surface area contributed by atoms with E-state index in [1.807, 2.05) is 20.8 Å². The van der Waals surface area contributed by atoms with Crippen molar-refractivity contribution in [3.8, 4) is 5.88 Å². The van der Waals surface area contributed by atoms with E-state index in [-0.39, 0.29) is 5.92 Å². The zero-order valence-corrected chi connectivity index (χ0v) is 11.6. The number of rotatable bonds is 7. The van der Waals surface area contributed by atoms with Gasteiger partial charge in [-0.1, -0.05) is 20.8 Å². The van der Waals surface area contributed by atoms with E-state index >= 15 is 0 Å². The molecule has 1 heterocycles. The smallest absolute Gasteiger partial charge is 0.240 e. The molecule has 0 bridgehead atoms. The fraction of sp³-hybridized carbons (Fsp3) is 0.538. The number of primary amides is 1. The second-order valence-electron chi connectivity index (χ2n) is 4.71. The number of hydrogen-bond acceptors (Lipinski definition) is 5. The number of ether oxygens (including phenoxy) is 1. The highest BCUT2D eigenvalue weighted by atomic mass is 16.5. The first kappa shape index (κ1) is 15.1. The minimum absolute atomic E-state index is 0.0665. The molecule has 0 aromatic carbocycles. The molecule has 1 unspecified atom stereocenters. The van der Waals surface area contributed by atoms with Crippen LogP contribution in [-0.2, 0) is 4.79 Å². The first-order valence-electron chi connectivity index (χ1n) is 6.40. The second kappa shape index (κ2) is 6.82. The topological polar surface area (TPSA) is 103 Å². The molecule has 1 atom stereocenters. The van der Waals surface area contributed by atoms with Gasteiger partial charge in [-0.05, 0) is 24.5 Å². The summed E-state index contributed by atoms with van der Waals surface area (Å²) in [5, 5.41) is 3.00. The molecule has 0 saturated heterocycles. The van der Waals surface area contributed by atoms with Crippen LogP contribution in [0.4, 0.5) is 11.5 Å². The fourth-order valence-corrected chi connectivity index (χ4v) is 1.57. The summed E-state index contributed by atoms with van der Waals surface area (Å²) in [5.41, 5.74) is 11.6. The van der Waals surface area contributed by atoms with Gasteiger partial charge in [-0.3, -0.25) is 4.79 Å². The lowest BCUT2D eigenvalue weighted by atomic mass is 10.0. The van der Waals surface area contributed by atoms with E-state index in [9.17, 15) is 4.79 Å². The highest BCUT2D eigenvalue weighted by Crippen LogP contribution is 2.22. The van der Waals surface area contributed by atoms with E-state index in [2.05, 4.69) is 10.3 Å². The zero-order chi connectivity index (χ0) is 14.4. The summed E-state index contributed by atoms with van der Waals surface area (Å²) in [6.45, 7) is 6.37. The summed E-state index contributed by atoms with van der Waals surface area (Å²) >= 11 is 0. The van der Waals surface area contributed by atoms with Gasteiger partial charge in [0.25, 0.3) is 0 Å². The van der Waals surface area contributed by atoms with E-state index in [1.54, 1.807) is 12.1 Å². The molecular formula is C13H22N4O2. The van der Waals surface area contributed by atoms with Gasteiger partial charge in [0.2, 0.25) is 11.8 Å². The molecule has 6 nitrogen and oxygen atoms in total. The summed E-state index contributed by atoms with van der Waals surface area (Å²) in [4.78, 5) is 15.6. The summed E-state index contributed by atoms with van der Waals surface area (Å²) in [7, 11) is 0. The lowest BCUT2D eigenvalue weighted by molar-refractivity contribution is -0.119. The lowest BCUT2D eigenvalue weighted by Gasteiger charge is -2.20. The summed E-state index contributed by atoms with van der Waals surface area (Å²) in [5.74, 6) is 0.554. The maximum Gasteiger partial charge on any atom is 0.240 e. The molecule has 0 saturated carbocycles. The monoisotopic (exact) mass is 266 g/mol. The third-order valence-electron chi connectivity index (χ3n) is 2.61. The van der Waals surface area contributed by atoms with Crippen molar-refractivity contribution in [2.75, 3.05) is 17.7 Å². The number of anilines is 2. The minimum Gasteiger partial charge on any atom is -0.476 e. The minimum atomic E-state index is -0.477. The quantitative estimate of drug-likeness (QED) is 0.691. The van der Waals surface area contributed by atoms with Crippen molar-refractivity contribution in [3.63, 3.8) is 0 Å². The molecule has 1 amide bonds. The van der Waals surface area contributed by atoms with Crippen molar-refractivity contribution >= 4 is 17.4 Å². The number of carbonyl (C=O) groups is 1. The molecule has 1 rings (SSSR count). The van der Waals surface area contributed by atoms with Crippen molar-refractivity contribution in [1.82, 2.24) is 4.98 Å². The van der Waals surface area contributed by atoms with Crippen LogP contribution in [-0.4, -0.2) is 23.5 Å². The van der Waals surface area contributed by atoms with Gasteiger partial charge in [-0.2, -0.15) is 4.98 Å². The molecule has 6 heteroatoms. The Balaban J connectivity index is 2.86. The molecule has 0 aliphatic rings. The van der Waals surface area contributed by atoms with Gasteiger partial charge >= 0.3 is 0 Å². The highest BCUT2D eigenvalue weighted by Gasteiger charge is 2.20. The Labute approximate surface area is 113 Å². The van der Waals surface area contributed by atoms with E-state index in [4.69, 9.17) is 16.2 Å². The van der Waals surface area contributed by atoms with Crippen LogP contribution < -0.4 is 21.5 Å². The molecule has 5 N–H and O–H groups in total. The molecule has 0 spiro atoms. The number of nitrogen functional groups attached to an aromatic ring is 1. The molecule has 0 radical (unpaired) electrons. The van der Waals surface area contributed by atoms with E-state index in [0.717, 1.165) is 6.42 Å². The molecule has 0 aliphatic heterocycles. The van der Waals surface area contributed by atoms with Crippen molar-refractivity contribution in [1.29, 1.82) is 0 Å². The van der Waals surface area contributed by atoms with Crippen LogP contribution in [0.3, 0.4) is 0 Å². The first-order chi connectivity index (χ1) is 8.95. The van der Waals surface area contributed by atoms with Gasteiger partial charge in [0.1, 0.15) is 11.9 Å². The number of nitrogens with two attached hydrogens (primary N) is 2. The normalized spacial score (nSPS) is 12.2. The summed E-state index contributed by atoms with van der Waals surface area (Å²) < 4.78 is 5.44. The van der Waals surface area contributed by atoms with Crippen molar-refractivity contribution in [3.05, 3.63) is 12.1 Å². The third kappa shape index (κ3) is 4.31. The number of amides is 1. The van der Waals surface area contributed by atoms with Gasteiger partial charge in [-0.15, -0.1) is 0 Å². The average Bonchev–Trinajstić information content (AvgIpc) is 2.35. The number of carbonyl (C=O) groups excluding carboxylic acids is 1. The Kier molecular flexibility index (Phi) is 5.41. The van der Waals surface area contributed by atoms with E-state index < -0.39 is 11.9 Å². The van der Waals surface area contributed by atoms with Crippen molar-refractivity contribution in [2.24, 2.45) is 11.7 Å². The van der Waals surface area contributed by atoms with Crippen LogP contribution >= 0.6 is 0 Å². The van der Waals surface area contributed by atoms with Gasteiger partial charge in [0.05, 0.1) is 12.3 Å². The fourth-order valence-electron chi connectivity index (χ4n) is 1.57. The van der Waals surface area contributed by atoms with Crippen LogP contribution in [0.1, 0.15) is 27.2 Å². The molecular weight excluding hydrogens is 244 g/mol. The molecule has 106 valence electrons. The van der Waals surface area contributed by atoms with Crippen molar-refractivity contribution in [2.45, 2.75) is 33.2 Å². The maximum atomic E-state index is 11.3. The third-order valence-corrected chi connectivity index (χ3v) is 2.61. The Morgan fingerprint density at radius 3 is 2.68 bits per heavy atom. The number of pyridine rings is 1. The maximum absolute atomic E-state index is 11.3. The van der Waals surface area contributed by atoms with Crippen LogP contribution in [0.2, 0.25) is 0 Å². The Bertz CT molecular complexity index is 435. The van der Waals surface area contributed by atoms with Crippen LogP contribution in [0, 0.1) is 5.92 Å². The number of nitrogens with zero attached hydrogens (tertiary/aromatic N) is 1. The number of aromatic nitrogens is 1. The summed E-state index contributed by atoms with van der Waals surface area (Å²) in [6, 6.07) is 2.92. The SMILES string of the molecule is CCCOc1nc(NC(C(N)=O)C(C)C)ccc1N. The van der Waals surface area contributed by atoms with E-state index in [0.29, 0.717) is 24.0 Å². The number of hydrogen-bond donors (Lipinski definition) is 3. The molecule has 1 aromatic heterocycles. The standard InChI is InChI=1S/C13H22N4O2/c1-4-7-19-13-9(14)5-6-10(17-13)16-11(8(2)3)12(15)18/h5-6,8,11H,4,7,14H2,1-3H3,(H2,15,18)(H,16,17). The molecule has 19 heavy (non-hydrogen) atoms. The Morgan fingerprint density at radius 2 is 2.16 bits per heavy atom. The van der Waals surface area contributed by atoms with Gasteiger partial charge in [-0.25, -0.2) is 0 Å². The second-order valence-corrected chi connectivity index (χ2v) is 4.71. The highest BCUT2D eigenvalue weighted by molar-refractivity contribution is 5.83. The first-order valence-corrected chi connectivity index (χ1v) is 6.40. The van der Waals surface area contributed by atoms with Gasteiger partial charge in [0, 0.05) is 0 Å². The average molecular weight is 266 g/mol. The predicted molar refractivity (Wildman–Crippen MR) is 75.9 cm³/mol. The van der Waals surface area contributed by atoms with Gasteiger partial charge in [0.15, 0.2) is 0 Å². The Morgan fingerprint density at radius 1 is 1.47 bits per heavy atom. The zero-order valence-electron chi connectivity index (χ0n) is 11.6. The van der Waals surface area contributed by atoms with Crippen LogP contribution in [0.25, 0.3) is 0 Å². The van der Waals surface area contributed by atoms with Crippen LogP contribution in [0.5, 0.6) is 5.88 Å². The lowest BCUT2D eigenvalue weighted by Crippen LogP contribution is -2.39. The van der Waals surface area contributed by atoms with Gasteiger partial charge < -0.3 is 21.5 Å². The summed E-state index contributed by atoms with van der Waals surface area (Å²) in [6.07, 6.45) is 0.870.